The van der Waals surface area contributed by atoms with Crippen molar-refractivity contribution in [1.29, 1.82) is 0 Å². The normalized spacial score (nSPS) is 11.4. The summed E-state index contributed by atoms with van der Waals surface area (Å²) >= 11 is 1.62. The number of benzene rings is 1. The molecule has 1 heterocycles. The van der Waals surface area contributed by atoms with Gasteiger partial charge in [0.25, 0.3) is 0 Å². The highest BCUT2D eigenvalue weighted by Gasteiger charge is 2.19. The molecule has 2 N–H and O–H groups in total. The maximum atomic E-state index is 12.4. The van der Waals surface area contributed by atoms with E-state index >= 15 is 0 Å². The molecule has 1 aromatic heterocycles. The summed E-state index contributed by atoms with van der Waals surface area (Å²) in [5.41, 5.74) is 0.520. The van der Waals surface area contributed by atoms with Gasteiger partial charge in [-0.25, -0.2) is 4.98 Å². The number of carbonyl (C=O) groups is 2. The third-order valence-corrected chi connectivity index (χ3v) is 4.24. The zero-order chi connectivity index (χ0) is 19.6. The van der Waals surface area contributed by atoms with Gasteiger partial charge in [0.05, 0.1) is 19.0 Å². The third kappa shape index (κ3) is 6.49. The Morgan fingerprint density at radius 2 is 1.93 bits per heavy atom. The number of nitrogens with one attached hydrogen (secondary N) is 2. The first-order chi connectivity index (χ1) is 13.0. The second-order valence-electron chi connectivity index (χ2n) is 5.66. The molecule has 0 aliphatic carbocycles. The lowest BCUT2D eigenvalue weighted by molar-refractivity contribution is -0.125. The predicted octanol–water partition coefficient (Wildman–Crippen LogP) is 3.08. The predicted molar refractivity (Wildman–Crippen MR) is 107 cm³/mol. The van der Waals surface area contributed by atoms with Crippen LogP contribution in [0.1, 0.15) is 13.3 Å². The number of aromatic nitrogens is 1. The summed E-state index contributed by atoms with van der Waals surface area (Å²) in [4.78, 5) is 27.9. The summed E-state index contributed by atoms with van der Waals surface area (Å²) in [5, 5.41) is 5.43. The van der Waals surface area contributed by atoms with Gasteiger partial charge in [0, 0.05) is 13.0 Å². The molecule has 0 saturated carbocycles. The number of ether oxygens (including phenoxy) is 2. The van der Waals surface area contributed by atoms with E-state index in [-0.39, 0.29) is 11.8 Å². The maximum absolute atomic E-state index is 12.4. The highest BCUT2D eigenvalue weighted by atomic mass is 32.2. The van der Waals surface area contributed by atoms with Gasteiger partial charge in [-0.05, 0) is 36.6 Å². The zero-order valence-corrected chi connectivity index (χ0v) is 16.3. The van der Waals surface area contributed by atoms with E-state index in [0.717, 1.165) is 5.75 Å². The standard InChI is InChI=1S/C19H23N3O4S/c1-13(23)21-15(10-11-27-3)19(24)22-14-8-9-18(20-12-14)26-17-7-5-4-6-16(17)25-2/h4-9,12,15H,10-11H2,1-3H3,(H,21,23)(H,22,24)/t15-/m0/s1. The monoisotopic (exact) mass is 389 g/mol. The highest BCUT2D eigenvalue weighted by molar-refractivity contribution is 7.98. The molecule has 7 nitrogen and oxygen atoms in total. The first-order valence-electron chi connectivity index (χ1n) is 8.37. The number of methoxy groups -OCH3 is 1. The minimum Gasteiger partial charge on any atom is -0.493 e. The molecule has 8 heteroatoms. The van der Waals surface area contributed by atoms with Gasteiger partial charge in [-0.1, -0.05) is 12.1 Å². The van der Waals surface area contributed by atoms with Gasteiger partial charge >= 0.3 is 0 Å². The van der Waals surface area contributed by atoms with E-state index in [0.29, 0.717) is 29.5 Å². The third-order valence-electron chi connectivity index (χ3n) is 3.59. The largest absolute Gasteiger partial charge is 0.493 e. The number of amides is 2. The molecule has 0 bridgehead atoms. The Kier molecular flexibility index (Phi) is 7.94. The van der Waals surface area contributed by atoms with E-state index in [9.17, 15) is 9.59 Å². The van der Waals surface area contributed by atoms with Gasteiger partial charge in [0.15, 0.2) is 11.5 Å². The summed E-state index contributed by atoms with van der Waals surface area (Å²) in [7, 11) is 1.57. The highest BCUT2D eigenvalue weighted by Crippen LogP contribution is 2.30. The second kappa shape index (κ2) is 10.4. The van der Waals surface area contributed by atoms with E-state index in [4.69, 9.17) is 9.47 Å². The Morgan fingerprint density at radius 3 is 2.52 bits per heavy atom. The zero-order valence-electron chi connectivity index (χ0n) is 15.5. The second-order valence-corrected chi connectivity index (χ2v) is 6.65. The summed E-state index contributed by atoms with van der Waals surface area (Å²) in [6, 6.07) is 10.0. The topological polar surface area (TPSA) is 89.5 Å². The molecule has 2 aromatic rings. The summed E-state index contributed by atoms with van der Waals surface area (Å²) < 4.78 is 10.9. The minimum atomic E-state index is -0.584. The van der Waals surface area contributed by atoms with Crippen LogP contribution >= 0.6 is 11.8 Å². The smallest absolute Gasteiger partial charge is 0.247 e. The average Bonchev–Trinajstić information content (AvgIpc) is 2.66. The van der Waals surface area contributed by atoms with Crippen molar-refractivity contribution in [3.05, 3.63) is 42.6 Å². The van der Waals surface area contributed by atoms with Crippen molar-refractivity contribution in [2.24, 2.45) is 0 Å². The van der Waals surface area contributed by atoms with Crippen molar-refractivity contribution in [2.45, 2.75) is 19.4 Å². The number of anilines is 1. The van der Waals surface area contributed by atoms with E-state index in [1.807, 2.05) is 18.4 Å². The van der Waals surface area contributed by atoms with Crippen LogP contribution in [0.5, 0.6) is 17.4 Å². The fourth-order valence-corrected chi connectivity index (χ4v) is 2.78. The Labute approximate surface area is 162 Å². The molecular formula is C19H23N3O4S. The van der Waals surface area contributed by atoms with Gasteiger partial charge in [-0.15, -0.1) is 0 Å². The molecule has 0 saturated heterocycles. The molecule has 0 unspecified atom stereocenters. The van der Waals surface area contributed by atoms with Crippen molar-refractivity contribution in [1.82, 2.24) is 10.3 Å². The van der Waals surface area contributed by atoms with Gasteiger partial charge in [-0.2, -0.15) is 11.8 Å². The van der Waals surface area contributed by atoms with Crippen LogP contribution in [0.3, 0.4) is 0 Å². The summed E-state index contributed by atoms with van der Waals surface area (Å²) in [6.45, 7) is 1.39. The van der Waals surface area contributed by atoms with E-state index in [2.05, 4.69) is 15.6 Å². The van der Waals surface area contributed by atoms with Crippen LogP contribution in [0.2, 0.25) is 0 Å². The fraction of sp³-hybridized carbons (Fsp3) is 0.316. The van der Waals surface area contributed by atoms with Crippen LogP contribution in [0.4, 0.5) is 5.69 Å². The molecule has 27 heavy (non-hydrogen) atoms. The number of rotatable bonds is 9. The average molecular weight is 389 g/mol. The van der Waals surface area contributed by atoms with Crippen molar-refractivity contribution in [2.75, 3.05) is 24.4 Å². The van der Waals surface area contributed by atoms with Gasteiger partial charge in [-0.3, -0.25) is 9.59 Å². The Morgan fingerprint density at radius 1 is 1.19 bits per heavy atom. The summed E-state index contributed by atoms with van der Waals surface area (Å²) in [5.74, 6) is 1.77. The first-order valence-corrected chi connectivity index (χ1v) is 9.76. The molecule has 1 aromatic carbocycles. The molecule has 2 rings (SSSR count). The molecule has 0 fully saturated rings. The van der Waals surface area contributed by atoms with Crippen LogP contribution < -0.4 is 20.1 Å². The van der Waals surface area contributed by atoms with Crippen LogP contribution in [-0.2, 0) is 9.59 Å². The number of thioether (sulfide) groups is 1. The van der Waals surface area contributed by atoms with Gasteiger partial charge < -0.3 is 20.1 Å². The van der Waals surface area contributed by atoms with E-state index in [1.165, 1.54) is 13.1 Å². The molecule has 0 aliphatic heterocycles. The Hall–Kier alpha value is -2.74. The number of pyridine rings is 1. The maximum Gasteiger partial charge on any atom is 0.247 e. The number of para-hydroxylation sites is 2. The lowest BCUT2D eigenvalue weighted by Crippen LogP contribution is -2.43. The van der Waals surface area contributed by atoms with Gasteiger partial charge in [0.2, 0.25) is 17.7 Å². The number of hydrogen-bond acceptors (Lipinski definition) is 6. The van der Waals surface area contributed by atoms with Crippen molar-refractivity contribution in [3.63, 3.8) is 0 Å². The quantitative estimate of drug-likeness (QED) is 0.685. The van der Waals surface area contributed by atoms with Crippen molar-refractivity contribution >= 4 is 29.3 Å². The Bertz CT molecular complexity index is 768. The lowest BCUT2D eigenvalue weighted by Gasteiger charge is -2.17. The number of nitrogens with zero attached hydrogens (tertiary/aromatic N) is 1. The minimum absolute atomic E-state index is 0.241. The van der Waals surface area contributed by atoms with Crippen LogP contribution in [-0.4, -0.2) is 42.0 Å². The molecule has 0 radical (unpaired) electrons. The molecule has 144 valence electrons. The van der Waals surface area contributed by atoms with Crippen molar-refractivity contribution < 1.29 is 19.1 Å². The van der Waals surface area contributed by atoms with E-state index < -0.39 is 6.04 Å². The van der Waals surface area contributed by atoms with Crippen LogP contribution in [0.15, 0.2) is 42.6 Å². The molecule has 0 spiro atoms. The first kappa shape index (κ1) is 20.6. The summed E-state index contributed by atoms with van der Waals surface area (Å²) in [6.07, 6.45) is 4.00. The SMILES string of the molecule is COc1ccccc1Oc1ccc(NC(=O)[C@H](CCSC)NC(C)=O)cn1. The molecule has 1 atom stereocenters. The van der Waals surface area contributed by atoms with Crippen LogP contribution in [0, 0.1) is 0 Å². The fourth-order valence-electron chi connectivity index (χ4n) is 2.31. The van der Waals surface area contributed by atoms with E-state index in [1.54, 1.807) is 43.1 Å². The molecular weight excluding hydrogens is 366 g/mol. The van der Waals surface area contributed by atoms with Crippen molar-refractivity contribution in [3.8, 4) is 17.4 Å². The number of carbonyl (C=O) groups excluding carboxylic acids is 2. The lowest BCUT2D eigenvalue weighted by atomic mass is 10.2. The van der Waals surface area contributed by atoms with Crippen LogP contribution in [0.25, 0.3) is 0 Å². The molecule has 2 amide bonds. The van der Waals surface area contributed by atoms with Gasteiger partial charge in [0.1, 0.15) is 6.04 Å². The Balaban J connectivity index is 2.01. The molecule has 0 aliphatic rings. The number of hydrogen-bond donors (Lipinski definition) is 2.